The summed E-state index contributed by atoms with van der Waals surface area (Å²) < 4.78 is 5.29. The highest BCUT2D eigenvalue weighted by Gasteiger charge is 2.18. The average Bonchev–Trinajstić information content (AvgIpc) is 2.89. The Bertz CT molecular complexity index is 1420. The van der Waals surface area contributed by atoms with Crippen molar-refractivity contribution in [3.63, 3.8) is 0 Å². The number of hydrogen-bond donors (Lipinski definition) is 1. The molecule has 1 aromatic heterocycles. The van der Waals surface area contributed by atoms with Gasteiger partial charge in [0, 0.05) is 16.8 Å². The fraction of sp³-hybridized carbons (Fsp3) is 0.167. The van der Waals surface area contributed by atoms with Crippen molar-refractivity contribution in [1.82, 2.24) is 4.98 Å². The van der Waals surface area contributed by atoms with Crippen molar-refractivity contribution >= 4 is 23.4 Å². The number of aryl methyl sites for hydroxylation is 3. The Morgan fingerprint density at radius 1 is 0.972 bits per heavy atom. The molecule has 0 radical (unpaired) electrons. The van der Waals surface area contributed by atoms with Crippen molar-refractivity contribution in [2.75, 3.05) is 18.2 Å². The van der Waals surface area contributed by atoms with E-state index in [0.29, 0.717) is 10.6 Å². The minimum atomic E-state index is -0.144. The van der Waals surface area contributed by atoms with Gasteiger partial charge in [-0.3, -0.25) is 4.79 Å². The van der Waals surface area contributed by atoms with E-state index in [1.165, 1.54) is 11.8 Å². The first-order chi connectivity index (χ1) is 17.4. The molecule has 4 aromatic rings. The van der Waals surface area contributed by atoms with Gasteiger partial charge in [0.25, 0.3) is 0 Å². The topological polar surface area (TPSA) is 75.0 Å². The van der Waals surface area contributed by atoms with Crippen LogP contribution in [0.1, 0.15) is 22.3 Å². The van der Waals surface area contributed by atoms with E-state index in [-0.39, 0.29) is 11.7 Å². The molecule has 1 amide bonds. The average molecular weight is 494 g/mol. The maximum Gasteiger partial charge on any atom is 0.234 e. The number of benzene rings is 3. The number of aromatic nitrogens is 1. The molecule has 0 aliphatic rings. The molecule has 5 nitrogen and oxygen atoms in total. The Balaban J connectivity index is 1.71. The Morgan fingerprint density at radius 3 is 2.22 bits per heavy atom. The zero-order valence-electron chi connectivity index (χ0n) is 20.8. The highest BCUT2D eigenvalue weighted by molar-refractivity contribution is 8.00. The largest absolute Gasteiger partial charge is 0.497 e. The summed E-state index contributed by atoms with van der Waals surface area (Å²) in [4.78, 5) is 17.7. The summed E-state index contributed by atoms with van der Waals surface area (Å²) in [6.07, 6.45) is 0. The van der Waals surface area contributed by atoms with Crippen LogP contribution in [-0.2, 0) is 4.79 Å². The van der Waals surface area contributed by atoms with Gasteiger partial charge in [-0.2, -0.15) is 5.26 Å². The fourth-order valence-electron chi connectivity index (χ4n) is 3.93. The van der Waals surface area contributed by atoms with Gasteiger partial charge in [-0.05, 0) is 55.7 Å². The molecule has 0 fully saturated rings. The third-order valence-corrected chi connectivity index (χ3v) is 6.91. The zero-order valence-corrected chi connectivity index (χ0v) is 21.6. The van der Waals surface area contributed by atoms with Crippen molar-refractivity contribution in [3.8, 4) is 34.2 Å². The van der Waals surface area contributed by atoms with Gasteiger partial charge in [-0.1, -0.05) is 71.9 Å². The lowest BCUT2D eigenvalue weighted by atomic mass is 9.99. The number of methoxy groups -OCH3 is 1. The van der Waals surface area contributed by atoms with E-state index in [9.17, 15) is 10.1 Å². The molecule has 1 heterocycles. The molecule has 0 aliphatic carbocycles. The first-order valence-corrected chi connectivity index (χ1v) is 12.5. The molecule has 0 bridgehead atoms. The summed E-state index contributed by atoms with van der Waals surface area (Å²) in [5, 5.41) is 13.6. The Morgan fingerprint density at radius 2 is 1.61 bits per heavy atom. The smallest absolute Gasteiger partial charge is 0.234 e. The normalized spacial score (nSPS) is 10.5. The van der Waals surface area contributed by atoms with Gasteiger partial charge in [0.2, 0.25) is 5.91 Å². The number of nitrogens with one attached hydrogen (secondary N) is 1. The number of hydrogen-bond acceptors (Lipinski definition) is 5. The van der Waals surface area contributed by atoms with E-state index in [0.717, 1.165) is 50.5 Å². The summed E-state index contributed by atoms with van der Waals surface area (Å²) in [6, 6.07) is 25.9. The summed E-state index contributed by atoms with van der Waals surface area (Å²) in [5.41, 5.74) is 7.78. The van der Waals surface area contributed by atoms with Crippen molar-refractivity contribution in [2.45, 2.75) is 25.8 Å². The lowest BCUT2D eigenvalue weighted by Gasteiger charge is -2.14. The van der Waals surface area contributed by atoms with E-state index in [4.69, 9.17) is 9.72 Å². The highest BCUT2D eigenvalue weighted by atomic mass is 32.2. The molecule has 36 heavy (non-hydrogen) atoms. The van der Waals surface area contributed by atoms with Crippen LogP contribution in [0.4, 0.5) is 5.69 Å². The fourth-order valence-corrected chi connectivity index (χ4v) is 4.73. The minimum absolute atomic E-state index is 0.134. The molecule has 0 unspecified atom stereocenters. The molecule has 0 atom stereocenters. The van der Waals surface area contributed by atoms with Crippen LogP contribution in [-0.4, -0.2) is 23.8 Å². The van der Waals surface area contributed by atoms with Crippen LogP contribution in [0.25, 0.3) is 22.4 Å². The number of anilines is 1. The number of amides is 1. The lowest BCUT2D eigenvalue weighted by molar-refractivity contribution is -0.113. The standard InChI is InChI=1S/C30H27N3O2S/c1-19-8-10-23(11-9-19)27-16-25(22-12-14-24(35-4)15-13-22)26(17-31)30(32-27)36-18-28(34)33-29-20(2)6-5-7-21(29)3/h5-16H,18H2,1-4H3,(H,33,34). The SMILES string of the molecule is COc1ccc(-c2cc(-c3ccc(C)cc3)nc(SCC(=O)Nc3c(C)cccc3C)c2C#N)cc1. The Labute approximate surface area is 216 Å². The molecule has 0 spiro atoms. The third-order valence-electron chi connectivity index (χ3n) is 5.93. The summed E-state index contributed by atoms with van der Waals surface area (Å²) >= 11 is 1.27. The van der Waals surface area contributed by atoms with Crippen molar-refractivity contribution in [1.29, 1.82) is 5.26 Å². The van der Waals surface area contributed by atoms with Crippen LogP contribution in [0.5, 0.6) is 5.75 Å². The van der Waals surface area contributed by atoms with Gasteiger partial charge in [0.05, 0.1) is 24.1 Å². The molecule has 3 aromatic carbocycles. The molecule has 0 saturated heterocycles. The van der Waals surface area contributed by atoms with Gasteiger partial charge < -0.3 is 10.1 Å². The number of para-hydroxylation sites is 1. The van der Waals surface area contributed by atoms with E-state index < -0.39 is 0 Å². The Kier molecular flexibility index (Phi) is 7.72. The predicted octanol–water partition coefficient (Wildman–Crippen LogP) is 6.95. The second kappa shape index (κ2) is 11.1. The number of carbonyl (C=O) groups is 1. The van der Waals surface area contributed by atoms with Gasteiger partial charge in [-0.25, -0.2) is 4.98 Å². The van der Waals surface area contributed by atoms with Crippen molar-refractivity contribution in [3.05, 3.63) is 95.1 Å². The van der Waals surface area contributed by atoms with Crippen LogP contribution in [0.3, 0.4) is 0 Å². The molecular formula is C30H27N3O2S. The van der Waals surface area contributed by atoms with E-state index in [1.807, 2.05) is 93.6 Å². The van der Waals surface area contributed by atoms with Crippen molar-refractivity contribution in [2.24, 2.45) is 0 Å². The number of ether oxygens (including phenoxy) is 1. The highest BCUT2D eigenvalue weighted by Crippen LogP contribution is 2.35. The zero-order chi connectivity index (χ0) is 25.7. The van der Waals surface area contributed by atoms with Crippen LogP contribution in [0, 0.1) is 32.1 Å². The number of pyridine rings is 1. The number of nitriles is 1. The molecule has 4 rings (SSSR count). The van der Waals surface area contributed by atoms with Crippen LogP contribution < -0.4 is 10.1 Å². The maximum absolute atomic E-state index is 12.9. The first kappa shape index (κ1) is 25.0. The molecule has 6 heteroatoms. The van der Waals surface area contributed by atoms with Gasteiger partial charge in [-0.15, -0.1) is 0 Å². The second-order valence-corrected chi connectivity index (χ2v) is 9.51. The van der Waals surface area contributed by atoms with Gasteiger partial charge >= 0.3 is 0 Å². The quantitative estimate of drug-likeness (QED) is 0.282. The summed E-state index contributed by atoms with van der Waals surface area (Å²) in [5.74, 6) is 0.729. The number of carbonyl (C=O) groups excluding carboxylic acids is 1. The number of rotatable bonds is 7. The predicted molar refractivity (Wildman–Crippen MR) is 146 cm³/mol. The van der Waals surface area contributed by atoms with Crippen LogP contribution >= 0.6 is 11.8 Å². The number of nitrogens with zero attached hydrogens (tertiary/aromatic N) is 2. The van der Waals surface area contributed by atoms with Crippen LogP contribution in [0.2, 0.25) is 0 Å². The Hall–Kier alpha value is -4.08. The first-order valence-electron chi connectivity index (χ1n) is 11.5. The molecule has 180 valence electrons. The second-order valence-electron chi connectivity index (χ2n) is 8.55. The van der Waals surface area contributed by atoms with E-state index in [1.54, 1.807) is 7.11 Å². The van der Waals surface area contributed by atoms with Gasteiger partial charge in [0.1, 0.15) is 16.8 Å². The van der Waals surface area contributed by atoms with Crippen LogP contribution in [0.15, 0.2) is 77.8 Å². The minimum Gasteiger partial charge on any atom is -0.497 e. The third kappa shape index (κ3) is 5.59. The molecule has 1 N–H and O–H groups in total. The molecular weight excluding hydrogens is 466 g/mol. The summed E-state index contributed by atoms with van der Waals surface area (Å²) in [7, 11) is 1.62. The molecule has 0 saturated carbocycles. The van der Waals surface area contributed by atoms with Crippen molar-refractivity contribution < 1.29 is 9.53 Å². The van der Waals surface area contributed by atoms with E-state index >= 15 is 0 Å². The lowest BCUT2D eigenvalue weighted by Crippen LogP contribution is -2.16. The summed E-state index contributed by atoms with van der Waals surface area (Å²) in [6.45, 7) is 5.98. The molecule has 0 aliphatic heterocycles. The van der Waals surface area contributed by atoms with Gasteiger partial charge in [0.15, 0.2) is 0 Å². The van der Waals surface area contributed by atoms with E-state index in [2.05, 4.69) is 11.4 Å². The maximum atomic E-state index is 12.9. The number of thioether (sulfide) groups is 1. The monoisotopic (exact) mass is 493 g/mol.